The van der Waals surface area contributed by atoms with Gasteiger partial charge in [-0.1, -0.05) is 32.4 Å². The van der Waals surface area contributed by atoms with Crippen LogP contribution in [0.25, 0.3) is 0 Å². The molecule has 0 aromatic heterocycles. The smallest absolute Gasteiger partial charge is 0.311 e. The summed E-state index contributed by atoms with van der Waals surface area (Å²) in [6, 6.07) is 0. The molecule has 0 spiro atoms. The Morgan fingerprint density at radius 3 is 2.25 bits per heavy atom. The molecule has 90 valence electrons. The van der Waals surface area contributed by atoms with E-state index < -0.39 is 11.0 Å². The fraction of sp³-hybridized carbons (Fsp3) is 0.692. The number of esters is 1. The molecule has 0 radical (unpaired) electrons. The second-order valence-corrected chi connectivity index (χ2v) is 5.71. The van der Waals surface area contributed by atoms with E-state index in [-0.39, 0.29) is 18.2 Å². The van der Waals surface area contributed by atoms with Crippen molar-refractivity contribution >= 4 is 11.8 Å². The molecule has 1 saturated heterocycles. The molecule has 0 bridgehead atoms. The van der Waals surface area contributed by atoms with E-state index in [2.05, 4.69) is 0 Å². The van der Waals surface area contributed by atoms with Gasteiger partial charge in [-0.05, 0) is 13.8 Å². The first-order valence-corrected chi connectivity index (χ1v) is 5.57. The number of ether oxygens (including phenoxy) is 1. The molecular weight excluding hydrogens is 204 g/mol. The van der Waals surface area contributed by atoms with Gasteiger partial charge in [0.2, 0.25) is 0 Å². The van der Waals surface area contributed by atoms with Crippen LogP contribution in [0.3, 0.4) is 0 Å². The van der Waals surface area contributed by atoms with E-state index in [0.717, 1.165) is 5.57 Å². The maximum absolute atomic E-state index is 12.2. The summed E-state index contributed by atoms with van der Waals surface area (Å²) in [6.45, 7) is 9.49. The van der Waals surface area contributed by atoms with Crippen molar-refractivity contribution in [3.63, 3.8) is 0 Å². The topological polar surface area (TPSA) is 43.4 Å². The molecule has 0 saturated carbocycles. The summed E-state index contributed by atoms with van der Waals surface area (Å²) in [5.41, 5.74) is -0.243. The third-order valence-electron chi connectivity index (χ3n) is 2.67. The lowest BCUT2D eigenvalue weighted by atomic mass is 9.74. The van der Waals surface area contributed by atoms with Gasteiger partial charge in [-0.15, -0.1) is 0 Å². The van der Waals surface area contributed by atoms with Crippen molar-refractivity contribution in [3.05, 3.63) is 11.6 Å². The molecule has 1 fully saturated rings. The van der Waals surface area contributed by atoms with E-state index in [1.54, 1.807) is 0 Å². The third kappa shape index (κ3) is 2.52. The molecule has 3 nitrogen and oxygen atoms in total. The van der Waals surface area contributed by atoms with Crippen LogP contribution >= 0.6 is 0 Å². The van der Waals surface area contributed by atoms with E-state index in [0.29, 0.717) is 6.42 Å². The predicted molar refractivity (Wildman–Crippen MR) is 62.0 cm³/mol. The number of carbonyl (C=O) groups is 2. The van der Waals surface area contributed by atoms with Gasteiger partial charge in [0.1, 0.15) is 0 Å². The minimum absolute atomic E-state index is 0.0112. The first kappa shape index (κ1) is 12.9. The van der Waals surface area contributed by atoms with Crippen molar-refractivity contribution < 1.29 is 14.3 Å². The predicted octanol–water partition coefficient (Wildman–Crippen LogP) is 2.64. The maximum Gasteiger partial charge on any atom is 0.311 e. The Bertz CT molecular complexity index is 333. The molecule has 0 N–H and O–H groups in total. The van der Waals surface area contributed by atoms with Gasteiger partial charge >= 0.3 is 5.97 Å². The third-order valence-corrected chi connectivity index (χ3v) is 2.67. The molecule has 1 atom stereocenters. The number of rotatable bonds is 3. The van der Waals surface area contributed by atoms with Gasteiger partial charge in [-0.25, -0.2) is 0 Å². The quantitative estimate of drug-likeness (QED) is 0.546. The number of ketones is 1. The Morgan fingerprint density at radius 2 is 1.94 bits per heavy atom. The van der Waals surface area contributed by atoms with Crippen LogP contribution < -0.4 is 0 Å². The van der Waals surface area contributed by atoms with Crippen molar-refractivity contribution in [2.24, 2.45) is 5.41 Å². The van der Waals surface area contributed by atoms with Crippen LogP contribution in [-0.2, 0) is 14.3 Å². The SMILES string of the molecule is CC(C)=CC[C@]1(C(=O)C(C)(C)C)CC(=O)O1. The van der Waals surface area contributed by atoms with Gasteiger partial charge in [0.25, 0.3) is 0 Å². The molecule has 0 aromatic rings. The molecule has 0 amide bonds. The number of hydrogen-bond donors (Lipinski definition) is 0. The lowest BCUT2D eigenvalue weighted by Crippen LogP contribution is -2.57. The first-order valence-electron chi connectivity index (χ1n) is 5.57. The van der Waals surface area contributed by atoms with Crippen LogP contribution in [0.15, 0.2) is 11.6 Å². The van der Waals surface area contributed by atoms with Crippen LogP contribution in [0.5, 0.6) is 0 Å². The standard InChI is InChI=1S/C13H20O3/c1-9(2)6-7-13(8-10(14)16-13)11(15)12(3,4)5/h6H,7-8H2,1-5H3/t13-/m1/s1. The van der Waals surface area contributed by atoms with E-state index in [1.165, 1.54) is 0 Å². The highest BCUT2D eigenvalue weighted by Crippen LogP contribution is 2.38. The maximum atomic E-state index is 12.2. The van der Waals surface area contributed by atoms with Crippen molar-refractivity contribution in [1.82, 2.24) is 0 Å². The Morgan fingerprint density at radius 1 is 1.44 bits per heavy atom. The Balaban J connectivity index is 2.87. The summed E-state index contributed by atoms with van der Waals surface area (Å²) < 4.78 is 5.13. The number of cyclic esters (lactones) is 1. The highest BCUT2D eigenvalue weighted by molar-refractivity contribution is 6.00. The summed E-state index contributed by atoms with van der Waals surface area (Å²) >= 11 is 0. The molecular formula is C13H20O3. The molecule has 1 aliphatic rings. The number of allylic oxidation sites excluding steroid dienone is 1. The number of Topliss-reactive ketones (excluding diaryl/α,β-unsaturated/α-hetero) is 1. The van der Waals surface area contributed by atoms with E-state index in [4.69, 9.17) is 4.74 Å². The van der Waals surface area contributed by atoms with Gasteiger partial charge in [-0.3, -0.25) is 9.59 Å². The molecule has 1 rings (SSSR count). The molecule has 1 aliphatic heterocycles. The van der Waals surface area contributed by atoms with Gasteiger partial charge in [0, 0.05) is 11.8 Å². The summed E-state index contributed by atoms with van der Waals surface area (Å²) in [4.78, 5) is 23.2. The van der Waals surface area contributed by atoms with Crippen molar-refractivity contribution in [3.8, 4) is 0 Å². The summed E-state index contributed by atoms with van der Waals surface area (Å²) in [7, 11) is 0. The van der Waals surface area contributed by atoms with Gasteiger partial charge < -0.3 is 4.74 Å². The zero-order valence-electron chi connectivity index (χ0n) is 10.7. The fourth-order valence-electron chi connectivity index (χ4n) is 1.83. The highest BCUT2D eigenvalue weighted by atomic mass is 16.6. The average Bonchev–Trinajstić information content (AvgIpc) is 2.07. The summed E-state index contributed by atoms with van der Waals surface area (Å²) in [6.07, 6.45) is 2.67. The largest absolute Gasteiger partial charge is 0.450 e. The van der Waals surface area contributed by atoms with Crippen molar-refractivity contribution in [1.29, 1.82) is 0 Å². The van der Waals surface area contributed by atoms with E-state index in [1.807, 2.05) is 40.7 Å². The van der Waals surface area contributed by atoms with Crippen LogP contribution in [-0.4, -0.2) is 17.4 Å². The van der Waals surface area contributed by atoms with E-state index >= 15 is 0 Å². The van der Waals surface area contributed by atoms with Crippen LogP contribution in [0, 0.1) is 5.41 Å². The normalized spacial score (nSPS) is 24.4. The van der Waals surface area contributed by atoms with E-state index in [9.17, 15) is 9.59 Å². The molecule has 0 aromatic carbocycles. The number of hydrogen-bond acceptors (Lipinski definition) is 3. The Hall–Kier alpha value is -1.12. The first-order chi connectivity index (χ1) is 7.17. The molecule has 1 heterocycles. The summed E-state index contributed by atoms with van der Waals surface area (Å²) in [5, 5.41) is 0. The summed E-state index contributed by atoms with van der Waals surface area (Å²) in [5.74, 6) is -0.267. The van der Waals surface area contributed by atoms with Crippen LogP contribution in [0.2, 0.25) is 0 Å². The monoisotopic (exact) mass is 224 g/mol. The molecule has 16 heavy (non-hydrogen) atoms. The molecule has 3 heteroatoms. The van der Waals surface area contributed by atoms with Crippen molar-refractivity contribution in [2.75, 3.05) is 0 Å². The Labute approximate surface area is 96.9 Å². The lowest BCUT2D eigenvalue weighted by Gasteiger charge is -2.42. The molecule has 0 aliphatic carbocycles. The molecule has 0 unspecified atom stereocenters. The lowest BCUT2D eigenvalue weighted by molar-refractivity contribution is -0.197. The van der Waals surface area contributed by atoms with Gasteiger partial charge in [0.15, 0.2) is 11.4 Å². The Kier molecular flexibility index (Phi) is 3.27. The van der Waals surface area contributed by atoms with Gasteiger partial charge in [-0.2, -0.15) is 0 Å². The minimum Gasteiger partial charge on any atom is -0.450 e. The zero-order chi connectivity index (χ0) is 12.6. The zero-order valence-corrected chi connectivity index (χ0v) is 10.7. The number of carbonyl (C=O) groups excluding carboxylic acids is 2. The van der Waals surface area contributed by atoms with Crippen LogP contribution in [0.4, 0.5) is 0 Å². The average molecular weight is 224 g/mol. The second-order valence-electron chi connectivity index (χ2n) is 5.71. The fourth-order valence-corrected chi connectivity index (χ4v) is 1.83. The second kappa shape index (κ2) is 4.04. The van der Waals surface area contributed by atoms with Crippen LogP contribution in [0.1, 0.15) is 47.5 Å². The van der Waals surface area contributed by atoms with Crippen molar-refractivity contribution in [2.45, 2.75) is 53.1 Å². The highest BCUT2D eigenvalue weighted by Gasteiger charge is 2.54. The van der Waals surface area contributed by atoms with Gasteiger partial charge in [0.05, 0.1) is 6.42 Å². The minimum atomic E-state index is -0.896.